The molecule has 0 aliphatic carbocycles. The Kier molecular flexibility index (Phi) is 6.99. The van der Waals surface area contributed by atoms with Gasteiger partial charge in [0.25, 0.3) is 0 Å². The normalized spacial score (nSPS) is 21.9. The van der Waals surface area contributed by atoms with Crippen LogP contribution in [0.25, 0.3) is 0 Å². The van der Waals surface area contributed by atoms with E-state index in [2.05, 4.69) is 22.9 Å². The number of anilines is 2. The lowest BCUT2D eigenvalue weighted by Gasteiger charge is -2.31. The van der Waals surface area contributed by atoms with E-state index < -0.39 is 0 Å². The monoisotopic (exact) mass is 380 g/mol. The molecule has 2 aliphatic rings. The van der Waals surface area contributed by atoms with E-state index in [1.165, 1.54) is 4.90 Å². The van der Waals surface area contributed by atoms with Crippen LogP contribution >= 0.6 is 12.4 Å². The van der Waals surface area contributed by atoms with Gasteiger partial charge in [-0.3, -0.25) is 14.4 Å². The first-order valence-electron chi connectivity index (χ1n) is 8.74. The number of hydrogen-bond acceptors (Lipinski definition) is 4. The lowest BCUT2D eigenvalue weighted by molar-refractivity contribution is -0.126. The fourth-order valence-electron chi connectivity index (χ4n) is 3.27. The van der Waals surface area contributed by atoms with Crippen LogP contribution in [-0.2, 0) is 14.4 Å². The van der Waals surface area contributed by atoms with Crippen LogP contribution in [0.15, 0.2) is 24.3 Å². The van der Waals surface area contributed by atoms with Gasteiger partial charge in [-0.2, -0.15) is 0 Å². The second-order valence-corrected chi connectivity index (χ2v) is 6.69. The van der Waals surface area contributed by atoms with Gasteiger partial charge in [0.1, 0.15) is 6.54 Å². The van der Waals surface area contributed by atoms with Crippen LogP contribution in [0, 0.1) is 5.92 Å². The molecule has 1 fully saturated rings. The summed E-state index contributed by atoms with van der Waals surface area (Å²) in [5.41, 5.74) is 1.30. The van der Waals surface area contributed by atoms with Gasteiger partial charge in [-0.1, -0.05) is 19.1 Å². The highest BCUT2D eigenvalue weighted by atomic mass is 35.5. The number of fused-ring (bicyclic) bond motifs is 1. The van der Waals surface area contributed by atoms with Gasteiger partial charge in [-0.05, 0) is 31.0 Å². The lowest BCUT2D eigenvalue weighted by Crippen LogP contribution is -2.50. The van der Waals surface area contributed by atoms with Gasteiger partial charge in [0.2, 0.25) is 17.7 Å². The van der Waals surface area contributed by atoms with Crippen LogP contribution in [0.3, 0.4) is 0 Å². The highest BCUT2D eigenvalue weighted by molar-refractivity contribution is 6.10. The molecule has 0 spiro atoms. The van der Waals surface area contributed by atoms with Crippen LogP contribution in [0.2, 0.25) is 0 Å². The Hall–Kier alpha value is -2.12. The molecule has 0 radical (unpaired) electrons. The Balaban J connectivity index is 0.00000243. The summed E-state index contributed by atoms with van der Waals surface area (Å²) in [6.07, 6.45) is 1.24. The predicted octanol–water partition coefficient (Wildman–Crippen LogP) is 1.29. The van der Waals surface area contributed by atoms with Crippen molar-refractivity contribution in [3.8, 4) is 0 Å². The van der Waals surface area contributed by atoms with E-state index in [0.717, 1.165) is 19.5 Å². The number of carbonyl (C=O) groups excluding carboxylic acids is 3. The zero-order chi connectivity index (χ0) is 17.8. The third-order valence-electron chi connectivity index (χ3n) is 4.81. The molecule has 1 aromatic rings. The first kappa shape index (κ1) is 20.2. The Morgan fingerprint density at radius 2 is 2.04 bits per heavy atom. The van der Waals surface area contributed by atoms with Gasteiger partial charge >= 0.3 is 0 Å². The second kappa shape index (κ2) is 9.00. The summed E-state index contributed by atoms with van der Waals surface area (Å²) in [7, 11) is 0. The van der Waals surface area contributed by atoms with Crippen LogP contribution in [0.5, 0.6) is 0 Å². The SMILES string of the molecule is CC1CCNCC1NC(=O)CCC(=O)N1CC(=O)Nc2ccccc21.Cl. The second-order valence-electron chi connectivity index (χ2n) is 6.69. The summed E-state index contributed by atoms with van der Waals surface area (Å²) in [4.78, 5) is 37.9. The standard InChI is InChI=1S/C18H24N4O3.ClH/c1-12-8-9-19-10-14(12)21-16(23)6-7-18(25)22-11-17(24)20-13-4-2-3-5-15(13)22;/h2-5,12,14,19H,6-11H2,1H3,(H,20,24)(H,21,23);1H. The molecule has 26 heavy (non-hydrogen) atoms. The van der Waals surface area contributed by atoms with Crippen molar-refractivity contribution in [3.05, 3.63) is 24.3 Å². The summed E-state index contributed by atoms with van der Waals surface area (Å²) in [5.74, 6) is -0.131. The molecule has 2 atom stereocenters. The largest absolute Gasteiger partial charge is 0.352 e. The number of benzene rings is 1. The third kappa shape index (κ3) is 4.74. The highest BCUT2D eigenvalue weighted by Crippen LogP contribution is 2.29. The molecule has 8 heteroatoms. The van der Waals surface area contributed by atoms with Gasteiger partial charge in [-0.25, -0.2) is 0 Å². The predicted molar refractivity (Wildman–Crippen MR) is 102 cm³/mol. The molecular weight excluding hydrogens is 356 g/mol. The minimum Gasteiger partial charge on any atom is -0.352 e. The van der Waals surface area contributed by atoms with Crippen molar-refractivity contribution in [2.75, 3.05) is 29.9 Å². The van der Waals surface area contributed by atoms with E-state index >= 15 is 0 Å². The fraction of sp³-hybridized carbons (Fsp3) is 0.500. The molecule has 3 N–H and O–H groups in total. The number of nitrogens with one attached hydrogen (secondary N) is 3. The molecule has 7 nitrogen and oxygen atoms in total. The first-order valence-corrected chi connectivity index (χ1v) is 8.74. The zero-order valence-corrected chi connectivity index (χ0v) is 15.6. The first-order chi connectivity index (χ1) is 12.0. The Labute approximate surface area is 159 Å². The van der Waals surface area contributed by atoms with Crippen molar-refractivity contribution in [1.82, 2.24) is 10.6 Å². The quantitative estimate of drug-likeness (QED) is 0.734. The summed E-state index contributed by atoms with van der Waals surface area (Å²) in [6.45, 7) is 3.85. The maximum absolute atomic E-state index is 12.5. The molecule has 3 rings (SSSR count). The maximum atomic E-state index is 12.5. The number of nitrogens with zero attached hydrogens (tertiary/aromatic N) is 1. The molecule has 0 saturated carbocycles. The van der Waals surface area contributed by atoms with Gasteiger partial charge in [0.15, 0.2) is 0 Å². The average Bonchev–Trinajstić information content (AvgIpc) is 2.61. The number of piperidine rings is 1. The molecule has 1 saturated heterocycles. The van der Waals surface area contributed by atoms with E-state index in [-0.39, 0.29) is 55.6 Å². The van der Waals surface area contributed by atoms with E-state index in [9.17, 15) is 14.4 Å². The molecule has 2 unspecified atom stereocenters. The number of hydrogen-bond donors (Lipinski definition) is 3. The average molecular weight is 381 g/mol. The number of halogens is 1. The summed E-state index contributed by atoms with van der Waals surface area (Å²) < 4.78 is 0. The number of para-hydroxylation sites is 2. The Morgan fingerprint density at radius 3 is 2.81 bits per heavy atom. The van der Waals surface area contributed by atoms with Crippen molar-refractivity contribution >= 4 is 41.5 Å². The number of carbonyl (C=O) groups is 3. The molecule has 0 bridgehead atoms. The van der Waals surface area contributed by atoms with Crippen LogP contribution < -0.4 is 20.9 Å². The summed E-state index contributed by atoms with van der Waals surface area (Å²) in [6, 6.07) is 7.29. The van der Waals surface area contributed by atoms with Crippen molar-refractivity contribution < 1.29 is 14.4 Å². The Bertz CT molecular complexity index is 682. The van der Waals surface area contributed by atoms with Gasteiger partial charge in [0, 0.05) is 25.4 Å². The number of amides is 3. The lowest BCUT2D eigenvalue weighted by atomic mass is 9.94. The van der Waals surface area contributed by atoms with Crippen molar-refractivity contribution in [3.63, 3.8) is 0 Å². The summed E-state index contributed by atoms with van der Waals surface area (Å²) >= 11 is 0. The van der Waals surface area contributed by atoms with E-state index in [4.69, 9.17) is 0 Å². The van der Waals surface area contributed by atoms with Crippen LogP contribution in [-0.4, -0.2) is 43.4 Å². The van der Waals surface area contributed by atoms with Gasteiger partial charge in [0.05, 0.1) is 11.4 Å². The molecule has 2 heterocycles. The molecule has 3 amide bonds. The van der Waals surface area contributed by atoms with Crippen molar-refractivity contribution in [2.45, 2.75) is 32.2 Å². The topological polar surface area (TPSA) is 90.5 Å². The maximum Gasteiger partial charge on any atom is 0.244 e. The van der Waals surface area contributed by atoms with Crippen LogP contribution in [0.4, 0.5) is 11.4 Å². The van der Waals surface area contributed by atoms with Crippen molar-refractivity contribution in [1.29, 1.82) is 0 Å². The molecule has 1 aromatic carbocycles. The molecule has 0 aromatic heterocycles. The van der Waals surface area contributed by atoms with Gasteiger partial charge < -0.3 is 20.9 Å². The van der Waals surface area contributed by atoms with E-state index in [1.54, 1.807) is 18.2 Å². The third-order valence-corrected chi connectivity index (χ3v) is 4.81. The van der Waals surface area contributed by atoms with Gasteiger partial charge in [-0.15, -0.1) is 12.4 Å². The Morgan fingerprint density at radius 1 is 1.27 bits per heavy atom. The van der Waals surface area contributed by atoms with Crippen molar-refractivity contribution in [2.24, 2.45) is 5.92 Å². The van der Waals surface area contributed by atoms with E-state index in [1.807, 2.05) is 6.07 Å². The summed E-state index contributed by atoms with van der Waals surface area (Å²) in [5, 5.41) is 9.02. The minimum atomic E-state index is -0.224. The molecule has 142 valence electrons. The fourth-order valence-corrected chi connectivity index (χ4v) is 3.27. The zero-order valence-electron chi connectivity index (χ0n) is 14.8. The highest BCUT2D eigenvalue weighted by Gasteiger charge is 2.27. The smallest absolute Gasteiger partial charge is 0.244 e. The van der Waals surface area contributed by atoms with E-state index in [0.29, 0.717) is 17.3 Å². The molecular formula is C18H25ClN4O3. The minimum absolute atomic E-state index is 0. The van der Waals surface area contributed by atoms with Crippen LogP contribution in [0.1, 0.15) is 26.2 Å². The number of rotatable bonds is 4. The molecule has 2 aliphatic heterocycles.